The minimum atomic E-state index is 0.316. The van der Waals surface area contributed by atoms with Gasteiger partial charge in [0.25, 0.3) is 0 Å². The highest BCUT2D eigenvalue weighted by molar-refractivity contribution is 5.32. The van der Waals surface area contributed by atoms with Crippen LogP contribution in [0.4, 0.5) is 0 Å². The number of nitrogens with two attached hydrogens (primary N) is 1. The molecule has 0 spiro atoms. The molecule has 0 aromatic rings. The summed E-state index contributed by atoms with van der Waals surface area (Å²) in [7, 11) is 0. The van der Waals surface area contributed by atoms with Gasteiger partial charge in [-0.15, -0.1) is 0 Å². The summed E-state index contributed by atoms with van der Waals surface area (Å²) >= 11 is 0. The van der Waals surface area contributed by atoms with Crippen LogP contribution in [-0.4, -0.2) is 6.04 Å². The summed E-state index contributed by atoms with van der Waals surface area (Å²) in [5, 5.41) is 0. The van der Waals surface area contributed by atoms with Gasteiger partial charge in [0.05, 0.1) is 0 Å². The van der Waals surface area contributed by atoms with E-state index in [9.17, 15) is 0 Å². The fourth-order valence-corrected chi connectivity index (χ4v) is 4.71. The lowest BCUT2D eigenvalue weighted by molar-refractivity contribution is -0.134. The molecule has 5 atom stereocenters. The predicted octanol–water partition coefficient (Wildman–Crippen LogP) is 5.08. The van der Waals surface area contributed by atoms with Gasteiger partial charge in [-0.3, -0.25) is 0 Å². The third-order valence-corrected chi connectivity index (χ3v) is 7.02. The average Bonchev–Trinajstić information content (AvgIpc) is 2.78. The van der Waals surface area contributed by atoms with Crippen molar-refractivity contribution in [2.75, 3.05) is 0 Å². The van der Waals surface area contributed by atoms with Crippen molar-refractivity contribution in [1.82, 2.24) is 0 Å². The minimum absolute atomic E-state index is 0.316. The quantitative estimate of drug-likeness (QED) is 0.744. The molecule has 114 valence electrons. The summed E-state index contributed by atoms with van der Waals surface area (Å²) in [6, 6.07) is 0.316. The lowest BCUT2D eigenvalue weighted by atomic mass is 9.42. The van der Waals surface area contributed by atoms with Crippen LogP contribution in [0.3, 0.4) is 0 Å². The van der Waals surface area contributed by atoms with E-state index in [0.717, 1.165) is 12.3 Å². The number of hydrogen-bond acceptors (Lipinski definition) is 1. The Kier molecular flexibility index (Phi) is 4.22. The van der Waals surface area contributed by atoms with E-state index in [0.29, 0.717) is 22.8 Å². The third-order valence-electron chi connectivity index (χ3n) is 7.02. The first kappa shape index (κ1) is 15.8. The van der Waals surface area contributed by atoms with Gasteiger partial charge in [-0.05, 0) is 60.8 Å². The van der Waals surface area contributed by atoms with Crippen molar-refractivity contribution < 1.29 is 0 Å². The Hall–Kier alpha value is -0.560. The molecule has 5 unspecified atom stereocenters. The molecule has 0 radical (unpaired) electrons. The molecule has 2 rings (SSSR count). The normalized spacial score (nSPS) is 44.1. The van der Waals surface area contributed by atoms with Gasteiger partial charge in [-0.1, -0.05) is 52.3 Å². The van der Waals surface area contributed by atoms with E-state index in [2.05, 4.69) is 47.3 Å². The maximum atomic E-state index is 6.37. The molecule has 1 saturated carbocycles. The molecule has 1 nitrogen and oxygen atoms in total. The first-order valence-electron chi connectivity index (χ1n) is 8.39. The summed E-state index contributed by atoms with van der Waals surface area (Å²) in [5.74, 6) is 1.41. The Labute approximate surface area is 125 Å². The summed E-state index contributed by atoms with van der Waals surface area (Å²) in [5.41, 5.74) is 10.0. The average molecular weight is 275 g/mol. The Balaban J connectivity index is 2.07. The van der Waals surface area contributed by atoms with Crippen molar-refractivity contribution >= 4 is 0 Å². The second kappa shape index (κ2) is 5.33. The van der Waals surface area contributed by atoms with E-state index >= 15 is 0 Å². The van der Waals surface area contributed by atoms with Crippen molar-refractivity contribution in [3.63, 3.8) is 0 Å². The van der Waals surface area contributed by atoms with Crippen LogP contribution < -0.4 is 5.73 Å². The lowest BCUT2D eigenvalue weighted by Crippen LogP contribution is -2.55. The molecule has 1 heteroatoms. The first-order chi connectivity index (χ1) is 9.27. The largest absolute Gasteiger partial charge is 0.327 e. The summed E-state index contributed by atoms with van der Waals surface area (Å²) < 4.78 is 0. The van der Waals surface area contributed by atoms with Crippen molar-refractivity contribution in [3.8, 4) is 0 Å². The van der Waals surface area contributed by atoms with Crippen molar-refractivity contribution in [2.24, 2.45) is 28.4 Å². The smallest absolute Gasteiger partial charge is 0.0143 e. The van der Waals surface area contributed by atoms with E-state index in [4.69, 9.17) is 5.73 Å². The number of hydrogen-bond donors (Lipinski definition) is 1. The second-order valence-corrected chi connectivity index (χ2v) is 7.83. The van der Waals surface area contributed by atoms with Crippen LogP contribution in [0.1, 0.15) is 66.7 Å². The van der Waals surface area contributed by atoms with Gasteiger partial charge >= 0.3 is 0 Å². The Morgan fingerprint density at radius 3 is 2.45 bits per heavy atom. The van der Waals surface area contributed by atoms with Gasteiger partial charge in [0.15, 0.2) is 0 Å². The van der Waals surface area contributed by atoms with Crippen molar-refractivity contribution in [3.05, 3.63) is 23.8 Å². The van der Waals surface area contributed by atoms with Crippen molar-refractivity contribution in [2.45, 2.75) is 72.8 Å². The van der Waals surface area contributed by atoms with Gasteiger partial charge in [0, 0.05) is 6.04 Å². The fourth-order valence-electron chi connectivity index (χ4n) is 4.71. The molecule has 0 aromatic carbocycles. The molecular weight excluding hydrogens is 242 g/mol. The van der Waals surface area contributed by atoms with E-state index in [-0.39, 0.29) is 0 Å². The lowest BCUT2D eigenvalue weighted by Gasteiger charge is -2.63. The second-order valence-electron chi connectivity index (χ2n) is 7.83. The van der Waals surface area contributed by atoms with Crippen LogP contribution in [0, 0.1) is 22.7 Å². The van der Waals surface area contributed by atoms with Crippen molar-refractivity contribution in [1.29, 1.82) is 0 Å². The highest BCUT2D eigenvalue weighted by Crippen LogP contribution is 2.65. The molecule has 0 bridgehead atoms. The van der Waals surface area contributed by atoms with E-state index in [1.54, 1.807) is 0 Å². The van der Waals surface area contributed by atoms with Crippen LogP contribution in [-0.2, 0) is 0 Å². The van der Waals surface area contributed by atoms with E-state index < -0.39 is 0 Å². The summed E-state index contributed by atoms with van der Waals surface area (Å²) in [6.07, 6.45) is 8.70. The topological polar surface area (TPSA) is 26.0 Å². The van der Waals surface area contributed by atoms with Crippen LogP contribution in [0.25, 0.3) is 0 Å². The SMILES string of the molecule is C=C(C)C1=CC(CC2CC(C)(CC)C2(C)CC)C(N)C1. The molecule has 0 heterocycles. The molecule has 0 saturated heterocycles. The monoisotopic (exact) mass is 275 g/mol. The zero-order valence-corrected chi connectivity index (χ0v) is 14.1. The Bertz CT molecular complexity index is 421. The molecule has 1 fully saturated rings. The summed E-state index contributed by atoms with van der Waals surface area (Å²) in [6.45, 7) is 15.9. The van der Waals surface area contributed by atoms with Gasteiger partial charge in [-0.2, -0.15) is 0 Å². The molecular formula is C19H33N. The Morgan fingerprint density at radius 1 is 1.35 bits per heavy atom. The van der Waals surface area contributed by atoms with Gasteiger partial charge < -0.3 is 5.73 Å². The molecule has 0 amide bonds. The molecule has 0 aromatic heterocycles. The zero-order valence-electron chi connectivity index (χ0n) is 14.1. The molecule has 2 aliphatic rings. The van der Waals surface area contributed by atoms with Crippen LogP contribution in [0.5, 0.6) is 0 Å². The third kappa shape index (κ3) is 2.28. The van der Waals surface area contributed by atoms with Gasteiger partial charge in [-0.25, -0.2) is 0 Å². The van der Waals surface area contributed by atoms with Gasteiger partial charge in [0.1, 0.15) is 0 Å². The Morgan fingerprint density at radius 2 is 2.00 bits per heavy atom. The maximum Gasteiger partial charge on any atom is 0.0143 e. The standard InChI is InChI=1S/C19H33N/c1-7-18(5)12-16(19(18,6)8-2)10-15-9-14(13(3)4)11-17(15)20/h9,15-17H,3,7-8,10-12,20H2,1-2,4-6H3. The predicted molar refractivity (Wildman–Crippen MR) is 88.5 cm³/mol. The number of rotatable bonds is 5. The first-order valence-corrected chi connectivity index (χ1v) is 8.39. The van der Waals surface area contributed by atoms with E-state index in [1.807, 2.05) is 0 Å². The van der Waals surface area contributed by atoms with E-state index in [1.165, 1.54) is 36.8 Å². The van der Waals surface area contributed by atoms with Crippen LogP contribution in [0.2, 0.25) is 0 Å². The molecule has 0 aliphatic heterocycles. The highest BCUT2D eigenvalue weighted by atomic mass is 14.7. The maximum absolute atomic E-state index is 6.37. The van der Waals surface area contributed by atoms with Gasteiger partial charge in [0.2, 0.25) is 0 Å². The number of allylic oxidation sites excluding steroid dienone is 1. The minimum Gasteiger partial charge on any atom is -0.327 e. The highest BCUT2D eigenvalue weighted by Gasteiger charge is 2.57. The molecule has 20 heavy (non-hydrogen) atoms. The molecule has 2 aliphatic carbocycles. The van der Waals surface area contributed by atoms with Crippen LogP contribution >= 0.6 is 0 Å². The zero-order chi connectivity index (χ0) is 15.1. The van der Waals surface area contributed by atoms with Crippen LogP contribution in [0.15, 0.2) is 23.8 Å². The fraction of sp³-hybridized carbons (Fsp3) is 0.789. The summed E-state index contributed by atoms with van der Waals surface area (Å²) in [4.78, 5) is 0. The molecule has 2 N–H and O–H groups in total.